The fourth-order valence-corrected chi connectivity index (χ4v) is 2.01. The van der Waals surface area contributed by atoms with Crippen molar-refractivity contribution in [2.75, 3.05) is 6.61 Å². The molecule has 0 bridgehead atoms. The molecule has 2 rings (SSSR count). The molecule has 0 aliphatic carbocycles. The van der Waals surface area contributed by atoms with Crippen LogP contribution in [0, 0.1) is 12.3 Å². The predicted octanol–water partition coefficient (Wildman–Crippen LogP) is 1.39. The zero-order valence-corrected chi connectivity index (χ0v) is 9.03. The fraction of sp³-hybridized carbons (Fsp3) is 0.0909. The van der Waals surface area contributed by atoms with Crippen LogP contribution >= 0.6 is 0 Å². The van der Waals surface area contributed by atoms with Crippen LogP contribution in [0.15, 0.2) is 23.6 Å². The molecular formula is C11H8O4S. The van der Waals surface area contributed by atoms with E-state index in [-0.39, 0.29) is 12.4 Å². The Kier molecular flexibility index (Phi) is 2.59. The predicted molar refractivity (Wildman–Crippen MR) is 59.4 cm³/mol. The molecule has 1 aliphatic rings. The summed E-state index contributed by atoms with van der Waals surface area (Å²) in [5.74, 6) is 3.04. The summed E-state index contributed by atoms with van der Waals surface area (Å²) in [4.78, 5) is 0. The van der Waals surface area contributed by atoms with Gasteiger partial charge in [0, 0.05) is 11.6 Å². The lowest BCUT2D eigenvalue weighted by atomic mass is 10.2. The smallest absolute Gasteiger partial charge is 0.332 e. The van der Waals surface area contributed by atoms with Gasteiger partial charge in [0.05, 0.1) is 5.41 Å². The Morgan fingerprint density at radius 2 is 2.25 bits per heavy atom. The molecule has 0 amide bonds. The van der Waals surface area contributed by atoms with Crippen LogP contribution in [0.5, 0.6) is 11.5 Å². The van der Waals surface area contributed by atoms with Crippen LogP contribution in [0.4, 0.5) is 0 Å². The Balaban J connectivity index is 2.34. The lowest BCUT2D eigenvalue weighted by molar-refractivity contribution is 0.368. The first-order valence-corrected chi connectivity index (χ1v) is 5.91. The zero-order valence-electron chi connectivity index (χ0n) is 8.21. The second kappa shape index (κ2) is 3.91. The lowest BCUT2D eigenvalue weighted by Crippen LogP contribution is -2.09. The van der Waals surface area contributed by atoms with Gasteiger partial charge in [-0.05, 0) is 18.2 Å². The highest BCUT2D eigenvalue weighted by Crippen LogP contribution is 2.30. The largest absolute Gasteiger partial charge is 0.481 e. The SMILES string of the molecule is C#CCOc1ccc2c(c1)OS(=O)(=O)C=C2. The molecule has 16 heavy (non-hydrogen) atoms. The maximum Gasteiger partial charge on any atom is 0.332 e. The number of hydrogen-bond donors (Lipinski definition) is 0. The van der Waals surface area contributed by atoms with E-state index in [9.17, 15) is 8.42 Å². The van der Waals surface area contributed by atoms with E-state index in [0.29, 0.717) is 11.3 Å². The number of rotatable bonds is 2. The van der Waals surface area contributed by atoms with Gasteiger partial charge >= 0.3 is 10.1 Å². The van der Waals surface area contributed by atoms with E-state index in [0.717, 1.165) is 5.41 Å². The molecule has 0 radical (unpaired) electrons. The maximum absolute atomic E-state index is 11.2. The molecule has 0 aromatic heterocycles. The Hall–Kier alpha value is -1.93. The molecule has 0 unspecified atom stereocenters. The van der Waals surface area contributed by atoms with Crippen LogP contribution in [-0.2, 0) is 10.1 Å². The lowest BCUT2D eigenvalue weighted by Gasteiger charge is -2.12. The first kappa shape index (κ1) is 10.6. The van der Waals surface area contributed by atoms with Gasteiger partial charge in [0.2, 0.25) is 0 Å². The minimum atomic E-state index is -3.61. The van der Waals surface area contributed by atoms with Crippen molar-refractivity contribution in [2.45, 2.75) is 0 Å². The number of hydrogen-bond acceptors (Lipinski definition) is 4. The second-order valence-electron chi connectivity index (χ2n) is 3.07. The van der Waals surface area contributed by atoms with Gasteiger partial charge in [-0.1, -0.05) is 5.92 Å². The number of ether oxygens (including phenoxy) is 1. The van der Waals surface area contributed by atoms with Crippen molar-refractivity contribution in [1.82, 2.24) is 0 Å². The molecule has 0 N–H and O–H groups in total. The highest BCUT2D eigenvalue weighted by Gasteiger charge is 2.17. The molecule has 0 spiro atoms. The highest BCUT2D eigenvalue weighted by molar-refractivity contribution is 7.90. The van der Waals surface area contributed by atoms with Gasteiger partial charge in [-0.15, -0.1) is 6.42 Å². The van der Waals surface area contributed by atoms with Crippen LogP contribution in [0.25, 0.3) is 6.08 Å². The number of terminal acetylenes is 1. The molecule has 0 saturated carbocycles. The van der Waals surface area contributed by atoms with Gasteiger partial charge < -0.3 is 8.92 Å². The van der Waals surface area contributed by atoms with Gasteiger partial charge in [0.1, 0.15) is 12.4 Å². The number of benzene rings is 1. The van der Waals surface area contributed by atoms with E-state index in [1.54, 1.807) is 12.1 Å². The summed E-state index contributed by atoms with van der Waals surface area (Å²) in [6.07, 6.45) is 6.52. The molecule has 0 fully saturated rings. The normalized spacial score (nSPS) is 15.7. The molecule has 4 nitrogen and oxygen atoms in total. The standard InChI is InChI=1S/C11H8O4S/c1-2-6-14-10-4-3-9-5-7-16(12,13)15-11(9)8-10/h1,3-5,7-8H,6H2. The van der Waals surface area contributed by atoms with Crippen LogP contribution in [0.1, 0.15) is 5.56 Å². The van der Waals surface area contributed by atoms with Crippen molar-refractivity contribution >= 4 is 16.2 Å². The average molecular weight is 236 g/mol. The molecule has 5 heteroatoms. The summed E-state index contributed by atoms with van der Waals surface area (Å²) in [6, 6.07) is 4.89. The molecule has 1 aliphatic heterocycles. The van der Waals surface area contributed by atoms with Crippen molar-refractivity contribution < 1.29 is 17.3 Å². The Labute approximate surface area is 93.6 Å². The molecule has 1 aromatic carbocycles. The summed E-state index contributed by atoms with van der Waals surface area (Å²) >= 11 is 0. The Morgan fingerprint density at radius 3 is 3.00 bits per heavy atom. The molecule has 0 atom stereocenters. The third kappa shape index (κ3) is 2.18. The summed E-state index contributed by atoms with van der Waals surface area (Å²) in [6.45, 7) is 0.126. The van der Waals surface area contributed by atoms with Crippen LogP contribution in [0.3, 0.4) is 0 Å². The third-order valence-corrected chi connectivity index (χ3v) is 2.81. The van der Waals surface area contributed by atoms with Crippen LogP contribution < -0.4 is 8.92 Å². The van der Waals surface area contributed by atoms with Gasteiger partial charge in [0.25, 0.3) is 0 Å². The van der Waals surface area contributed by atoms with Gasteiger partial charge in [0.15, 0.2) is 5.75 Å². The Bertz CT molecular complexity index is 578. The monoisotopic (exact) mass is 236 g/mol. The summed E-state index contributed by atoms with van der Waals surface area (Å²) in [7, 11) is -3.61. The molecule has 0 saturated heterocycles. The summed E-state index contributed by atoms with van der Waals surface area (Å²) in [5.41, 5.74) is 0.683. The first-order chi connectivity index (χ1) is 7.61. The third-order valence-electron chi connectivity index (χ3n) is 1.93. The molecule has 1 aromatic rings. The van der Waals surface area contributed by atoms with Crippen molar-refractivity contribution in [3.8, 4) is 23.8 Å². The fourth-order valence-electron chi connectivity index (χ4n) is 1.25. The van der Waals surface area contributed by atoms with Gasteiger partial charge in [-0.3, -0.25) is 0 Å². The topological polar surface area (TPSA) is 52.6 Å². The van der Waals surface area contributed by atoms with Crippen molar-refractivity contribution in [2.24, 2.45) is 0 Å². The van der Waals surface area contributed by atoms with E-state index in [1.807, 2.05) is 0 Å². The van der Waals surface area contributed by atoms with E-state index in [1.165, 1.54) is 12.1 Å². The van der Waals surface area contributed by atoms with Gasteiger partial charge in [-0.25, -0.2) is 0 Å². The average Bonchev–Trinajstić information content (AvgIpc) is 2.24. The first-order valence-electron chi connectivity index (χ1n) is 4.43. The Morgan fingerprint density at radius 1 is 1.44 bits per heavy atom. The van der Waals surface area contributed by atoms with Crippen LogP contribution in [0.2, 0.25) is 0 Å². The minimum Gasteiger partial charge on any atom is -0.481 e. The van der Waals surface area contributed by atoms with Crippen molar-refractivity contribution in [3.63, 3.8) is 0 Å². The van der Waals surface area contributed by atoms with E-state index < -0.39 is 10.1 Å². The van der Waals surface area contributed by atoms with Crippen molar-refractivity contribution in [1.29, 1.82) is 0 Å². The van der Waals surface area contributed by atoms with Crippen molar-refractivity contribution in [3.05, 3.63) is 29.2 Å². The molecular weight excluding hydrogens is 228 g/mol. The zero-order chi connectivity index (χ0) is 11.6. The molecule has 82 valence electrons. The quantitative estimate of drug-likeness (QED) is 0.575. The van der Waals surface area contributed by atoms with E-state index in [4.69, 9.17) is 15.3 Å². The van der Waals surface area contributed by atoms with Crippen LogP contribution in [-0.4, -0.2) is 15.0 Å². The van der Waals surface area contributed by atoms with E-state index >= 15 is 0 Å². The van der Waals surface area contributed by atoms with E-state index in [2.05, 4.69) is 5.92 Å². The summed E-state index contributed by atoms with van der Waals surface area (Å²) < 4.78 is 32.3. The highest BCUT2D eigenvalue weighted by atomic mass is 32.2. The van der Waals surface area contributed by atoms with Gasteiger partial charge in [-0.2, -0.15) is 8.42 Å². The molecule has 1 heterocycles. The maximum atomic E-state index is 11.2. The summed E-state index contributed by atoms with van der Waals surface area (Å²) in [5, 5.41) is 1.01. The second-order valence-corrected chi connectivity index (χ2v) is 4.50. The minimum absolute atomic E-state index is 0.126. The number of fused-ring (bicyclic) bond motifs is 1.